The summed E-state index contributed by atoms with van der Waals surface area (Å²) in [6.07, 6.45) is 16.8. The summed E-state index contributed by atoms with van der Waals surface area (Å²) < 4.78 is 82.5. The number of hydrogen-bond acceptors (Lipinski definition) is 31. The van der Waals surface area contributed by atoms with Crippen LogP contribution in [0, 0.1) is 0 Å². The molecule has 0 spiro atoms. The zero-order chi connectivity index (χ0) is 83.5. The Morgan fingerprint density at radius 2 is 0.795 bits per heavy atom. The van der Waals surface area contributed by atoms with Crippen LogP contribution in [0.3, 0.4) is 0 Å². The lowest BCUT2D eigenvalue weighted by Gasteiger charge is -2.10. The maximum Gasteiger partial charge on any atom is 0.312 e. The lowest BCUT2D eigenvalue weighted by molar-refractivity contribution is -0.143. The predicted molar refractivity (Wildman–Crippen MR) is 433 cm³/mol. The second kappa shape index (κ2) is 46.1. The van der Waals surface area contributed by atoms with Crippen molar-refractivity contribution in [3.05, 3.63) is 211 Å². The number of phenols is 2. The third kappa shape index (κ3) is 24.7. The number of oxazole rings is 1. The summed E-state index contributed by atoms with van der Waals surface area (Å²) in [5.41, 5.74) is 10.3. The number of ether oxygens (including phenoxy) is 9. The van der Waals surface area contributed by atoms with E-state index in [2.05, 4.69) is 62.2 Å². The van der Waals surface area contributed by atoms with Gasteiger partial charge in [-0.05, 0) is 153 Å². The molecule has 0 aliphatic rings. The Balaban J connectivity index is 0.000000194. The van der Waals surface area contributed by atoms with Crippen LogP contribution < -0.4 is 14.2 Å². The number of carbonyl (C=O) groups is 6. The third-order valence-corrected chi connectivity index (χ3v) is 16.1. The van der Waals surface area contributed by atoms with Gasteiger partial charge in [-0.15, -0.1) is 13.2 Å². The molecular formula is C86H93N7O24. The van der Waals surface area contributed by atoms with E-state index in [1.807, 2.05) is 38.1 Å². The summed E-state index contributed by atoms with van der Waals surface area (Å²) in [4.78, 5) is 73.3. The molecule has 0 aliphatic carbocycles. The molecule has 0 atom stereocenters. The molecule has 0 saturated carbocycles. The first-order valence-electron chi connectivity index (χ1n) is 36.8. The number of rotatable bonds is 31. The van der Waals surface area contributed by atoms with Crippen LogP contribution in [0.25, 0.3) is 83.0 Å². The van der Waals surface area contributed by atoms with Gasteiger partial charge in [-0.25, -0.2) is 4.98 Å². The van der Waals surface area contributed by atoms with E-state index in [0.29, 0.717) is 183 Å². The van der Waals surface area contributed by atoms with Crippen LogP contribution in [0.1, 0.15) is 114 Å². The molecule has 0 radical (unpaired) electrons. The molecule has 31 heteroatoms. The fourth-order valence-corrected chi connectivity index (χ4v) is 11.4. The number of carbonyl (C=O) groups excluding carboxylic acids is 6. The van der Waals surface area contributed by atoms with Crippen LogP contribution in [0.2, 0.25) is 0 Å². The van der Waals surface area contributed by atoms with E-state index in [9.17, 15) is 39.0 Å². The smallest absolute Gasteiger partial charge is 0.312 e. The minimum atomic E-state index is -0.370. The molecule has 117 heavy (non-hydrogen) atoms. The van der Waals surface area contributed by atoms with Crippen LogP contribution >= 0.6 is 0 Å². The van der Waals surface area contributed by atoms with Gasteiger partial charge in [0.1, 0.15) is 81.6 Å². The number of allylic oxidation sites excluding steroid dienone is 4. The van der Waals surface area contributed by atoms with Gasteiger partial charge < -0.3 is 84.4 Å². The third-order valence-electron chi connectivity index (χ3n) is 16.1. The normalized spacial score (nSPS) is 10.7. The molecular weight excluding hydrogens is 1510 g/mol. The fraction of sp³-hybridized carbons (Fsp3) is 0.291. The van der Waals surface area contributed by atoms with E-state index < -0.39 is 0 Å². The molecule has 0 saturated heterocycles. The van der Waals surface area contributed by atoms with Gasteiger partial charge in [-0.2, -0.15) is 0 Å². The maximum absolute atomic E-state index is 11.7. The van der Waals surface area contributed by atoms with Crippen molar-refractivity contribution in [1.82, 2.24) is 35.9 Å². The number of aromatic nitrogens is 7. The molecule has 7 aromatic heterocycles. The minimum absolute atomic E-state index is 0. The lowest BCUT2D eigenvalue weighted by Crippen LogP contribution is -2.08. The highest BCUT2D eigenvalue weighted by Crippen LogP contribution is 2.36. The van der Waals surface area contributed by atoms with E-state index in [0.717, 1.165) is 27.3 Å². The van der Waals surface area contributed by atoms with E-state index >= 15 is 0 Å². The summed E-state index contributed by atoms with van der Waals surface area (Å²) in [5, 5.41) is 46.9. The second-order valence-corrected chi connectivity index (χ2v) is 24.1. The highest BCUT2D eigenvalue weighted by atomic mass is 16.6. The Morgan fingerprint density at radius 3 is 1.28 bits per heavy atom. The average Bonchev–Trinajstić information content (AvgIpc) is 1.64. The molecule has 0 amide bonds. The van der Waals surface area contributed by atoms with Crippen LogP contribution in [-0.2, 0) is 109 Å². The molecule has 0 fully saturated rings. The van der Waals surface area contributed by atoms with Crippen LogP contribution in [0.5, 0.6) is 28.7 Å². The van der Waals surface area contributed by atoms with E-state index in [-0.39, 0.29) is 93.3 Å². The van der Waals surface area contributed by atoms with Crippen LogP contribution in [0.4, 0.5) is 0 Å². The van der Waals surface area contributed by atoms with E-state index in [1.165, 1.54) is 18.5 Å². The molecule has 0 unspecified atom stereocenters. The number of nitrogens with zero attached hydrogens (tertiary/aromatic N) is 7. The minimum Gasteiger partial charge on any atom is -0.508 e. The Kier molecular flexibility index (Phi) is 35.5. The summed E-state index contributed by atoms with van der Waals surface area (Å²) in [6.45, 7) is 31.8. The summed E-state index contributed by atoms with van der Waals surface area (Å²) in [6, 6.07) is 23.8. The highest BCUT2D eigenvalue weighted by Gasteiger charge is 2.24. The van der Waals surface area contributed by atoms with Crippen molar-refractivity contribution in [2.75, 3.05) is 52.9 Å². The molecule has 31 nitrogen and oxygen atoms in total. The number of phenolic OH excluding ortho intramolecular Hbond substituents is 2. The highest BCUT2D eigenvalue weighted by molar-refractivity contribution is 6.03. The van der Waals surface area contributed by atoms with Gasteiger partial charge in [0.05, 0.1) is 106 Å². The van der Waals surface area contributed by atoms with Gasteiger partial charge in [0, 0.05) is 27.5 Å². The Bertz CT molecular complexity index is 5590. The quantitative estimate of drug-likeness (QED) is 0.0176. The van der Waals surface area contributed by atoms with Gasteiger partial charge in [0.15, 0.2) is 45.5 Å². The number of hydrogen-bond donors (Lipinski definition) is 2. The van der Waals surface area contributed by atoms with Gasteiger partial charge in [0.2, 0.25) is 0 Å². The monoisotopic (exact) mass is 1610 g/mol. The Morgan fingerprint density at radius 1 is 0.410 bits per heavy atom. The molecule has 0 bridgehead atoms. The van der Waals surface area contributed by atoms with Crippen molar-refractivity contribution < 1.29 is 113 Å². The largest absolute Gasteiger partial charge is 0.508 e. The Labute approximate surface area is 671 Å². The first kappa shape index (κ1) is 90.1. The SMILES string of the molecule is C.C=CCOc1ccc2onc(CC(=O)OCC)c2c1.C=CCOc1ccc2onc(CC(=O)OCC)c2c1CC=C.C=CCc1c(O)ccc2onc(CC(=O)OCC)c12.CC=COc1ccc2onc(CC(=O)OCC)c2c1C=CC.CCOC(=O)Cc1noc2ccc(O)cc12.CCOC(=O)Cc1noc2ccc3ocnc3c12. The Hall–Kier alpha value is -14.1. The van der Waals surface area contributed by atoms with Crippen LogP contribution in [-0.4, -0.2) is 135 Å². The number of esters is 6. The second-order valence-electron chi connectivity index (χ2n) is 24.1. The molecule has 2 N–H and O–H groups in total. The van der Waals surface area contributed by atoms with Crippen LogP contribution in [0.15, 0.2) is 192 Å². The zero-order valence-corrected chi connectivity index (χ0v) is 65.4. The molecule has 7 heterocycles. The van der Waals surface area contributed by atoms with E-state index in [1.54, 1.807) is 139 Å². The van der Waals surface area contributed by atoms with Gasteiger partial charge in [0.25, 0.3) is 0 Å². The van der Waals surface area contributed by atoms with Gasteiger partial charge >= 0.3 is 35.8 Å². The predicted octanol–water partition coefficient (Wildman–Crippen LogP) is 16.3. The number of fused-ring (bicyclic) bond motifs is 8. The fourth-order valence-electron chi connectivity index (χ4n) is 11.4. The van der Waals surface area contributed by atoms with Gasteiger partial charge in [-0.3, -0.25) is 28.8 Å². The molecule has 13 aromatic rings. The van der Waals surface area contributed by atoms with Crippen molar-refractivity contribution >= 4 is 119 Å². The van der Waals surface area contributed by atoms with Crippen molar-refractivity contribution in [3.8, 4) is 28.7 Å². The molecule has 6 aromatic carbocycles. The topological polar surface area (TPSA) is 408 Å². The maximum atomic E-state index is 11.7. The standard InChI is InChI=1S/2C17H19NO4.2C14H15NO4.C12H10N2O4.C11H11NO4.CH4/c2*1-4-7-12-14(21-10-5-2)8-9-15-17(12)13(18-22-15)11-16(19)20-6-3;1-3-7-18-10-5-6-13-11(8-10)12(15-19-13)9-14(16)17-4-2;1-3-5-9-11(16)6-7-12-14(9)10(15-19-12)8-13(17)18-4-2;1-2-16-10(15)5-7-11-8(18-14-7)3-4-9-12(11)13-6-17-9;1-2-15-11(14)6-9-8-5-7(13)3-4-10(8)16-12-9;/h4-5,7-10H,6,11H2,1-3H3;4-5,8-9H,1-2,6-7,10-11H2,3H3;3,5-6,8H,1,4,7,9H2,2H3;3,6-7,16H,1,4-5,8H2,2H3;3-4,6H,2,5H2,1H3;3-5,13H,2,6H2,1H3;1H4. The number of aromatic hydroxyl groups is 2. The average molecular weight is 1610 g/mol. The summed E-state index contributed by atoms with van der Waals surface area (Å²) >= 11 is 0. The molecule has 616 valence electrons. The van der Waals surface area contributed by atoms with Crippen molar-refractivity contribution in [3.63, 3.8) is 0 Å². The summed E-state index contributed by atoms with van der Waals surface area (Å²) in [5.74, 6) is 0.262. The summed E-state index contributed by atoms with van der Waals surface area (Å²) in [7, 11) is 0. The van der Waals surface area contributed by atoms with Gasteiger partial charge in [-0.1, -0.05) is 94.1 Å². The molecule has 13 rings (SSSR count). The molecule has 0 aliphatic heterocycles. The first-order valence-corrected chi connectivity index (χ1v) is 36.8. The first-order chi connectivity index (χ1) is 56.3. The van der Waals surface area contributed by atoms with E-state index in [4.69, 9.17) is 74.2 Å². The van der Waals surface area contributed by atoms with Crippen molar-refractivity contribution in [2.24, 2.45) is 0 Å². The lowest BCUT2D eigenvalue weighted by atomic mass is 10.0. The number of benzene rings is 6. The zero-order valence-electron chi connectivity index (χ0n) is 65.4. The van der Waals surface area contributed by atoms with Crippen molar-refractivity contribution in [2.45, 2.75) is 114 Å². The van der Waals surface area contributed by atoms with Crippen molar-refractivity contribution in [1.29, 1.82) is 0 Å².